The van der Waals surface area contributed by atoms with Crippen molar-refractivity contribution in [2.75, 3.05) is 19.8 Å². The number of hydrogen-bond donors (Lipinski definition) is 0. The second-order valence-electron chi connectivity index (χ2n) is 3.13. The van der Waals surface area contributed by atoms with Crippen LogP contribution in [0.4, 0.5) is 0 Å². The van der Waals surface area contributed by atoms with Gasteiger partial charge < -0.3 is 9.47 Å². The molecule has 0 fully saturated rings. The Bertz CT molecular complexity index is 281. The van der Waals surface area contributed by atoms with Crippen molar-refractivity contribution in [2.24, 2.45) is 0 Å². The molecule has 0 aliphatic carbocycles. The molecule has 0 atom stereocenters. The molecule has 1 rings (SSSR count). The van der Waals surface area contributed by atoms with Gasteiger partial charge in [-0.25, -0.2) is 0 Å². The molecular weight excluding hydrogens is 214 g/mol. The van der Waals surface area contributed by atoms with E-state index in [2.05, 4.69) is 11.9 Å². The highest BCUT2D eigenvalue weighted by molar-refractivity contribution is 6.30. The third kappa shape index (κ3) is 5.72. The number of halogens is 1. The monoisotopic (exact) mass is 229 g/mol. The third-order valence-corrected chi connectivity index (χ3v) is 1.98. The number of ether oxygens (including phenoxy) is 2. The summed E-state index contributed by atoms with van der Waals surface area (Å²) in [5.74, 6) is 0. The Morgan fingerprint density at radius 2 is 2.07 bits per heavy atom. The average molecular weight is 230 g/mol. The van der Waals surface area contributed by atoms with Gasteiger partial charge in [-0.2, -0.15) is 0 Å². The Morgan fingerprint density at radius 3 is 2.80 bits per heavy atom. The van der Waals surface area contributed by atoms with Gasteiger partial charge in [-0.15, -0.1) is 0 Å². The topological polar surface area (TPSA) is 31.4 Å². The second-order valence-corrected chi connectivity index (χ2v) is 3.57. The van der Waals surface area contributed by atoms with Crippen LogP contribution in [0.2, 0.25) is 5.02 Å². The lowest BCUT2D eigenvalue weighted by Crippen LogP contribution is -2.05. The van der Waals surface area contributed by atoms with Gasteiger partial charge in [-0.05, 0) is 18.6 Å². The van der Waals surface area contributed by atoms with Crippen LogP contribution < -0.4 is 0 Å². The molecule has 1 heterocycles. The molecule has 15 heavy (non-hydrogen) atoms. The van der Waals surface area contributed by atoms with E-state index < -0.39 is 0 Å². The van der Waals surface area contributed by atoms with Crippen LogP contribution in [0.5, 0.6) is 0 Å². The minimum absolute atomic E-state index is 0.482. The van der Waals surface area contributed by atoms with Crippen molar-refractivity contribution in [1.29, 1.82) is 0 Å². The highest BCUT2D eigenvalue weighted by atomic mass is 35.5. The third-order valence-electron chi connectivity index (χ3n) is 1.75. The second kappa shape index (κ2) is 7.63. The summed E-state index contributed by atoms with van der Waals surface area (Å²) in [6.45, 7) is 4.58. The van der Waals surface area contributed by atoms with Crippen LogP contribution in [0.3, 0.4) is 0 Å². The van der Waals surface area contributed by atoms with E-state index in [-0.39, 0.29) is 0 Å². The fourth-order valence-corrected chi connectivity index (χ4v) is 1.25. The molecule has 0 saturated carbocycles. The highest BCUT2D eigenvalue weighted by Gasteiger charge is 1.95. The summed E-state index contributed by atoms with van der Waals surface area (Å²) in [4.78, 5) is 4.12. The van der Waals surface area contributed by atoms with Gasteiger partial charge in [0.2, 0.25) is 0 Å². The lowest BCUT2D eigenvalue weighted by atomic mass is 10.4. The van der Waals surface area contributed by atoms with Gasteiger partial charge in [0.15, 0.2) is 0 Å². The summed E-state index contributed by atoms with van der Waals surface area (Å²) >= 11 is 5.81. The average Bonchev–Trinajstić information content (AvgIpc) is 2.23. The van der Waals surface area contributed by atoms with Crippen molar-refractivity contribution in [3.63, 3.8) is 0 Å². The molecule has 84 valence electrons. The first kappa shape index (κ1) is 12.4. The molecule has 3 nitrogen and oxygen atoms in total. The van der Waals surface area contributed by atoms with E-state index in [1.54, 1.807) is 18.3 Å². The number of pyridine rings is 1. The summed E-state index contributed by atoms with van der Waals surface area (Å²) in [7, 11) is 0. The Labute approximate surface area is 95.4 Å². The molecule has 1 aromatic heterocycles. The van der Waals surface area contributed by atoms with Gasteiger partial charge in [0, 0.05) is 17.8 Å². The van der Waals surface area contributed by atoms with E-state index in [9.17, 15) is 0 Å². The standard InChI is InChI=1S/C11H16ClNO2/c1-2-5-14-6-7-15-9-11-8-10(12)3-4-13-11/h3-4,8H,2,5-7,9H2,1H3. The number of nitrogens with zero attached hydrogens (tertiary/aromatic N) is 1. The minimum Gasteiger partial charge on any atom is -0.379 e. The van der Waals surface area contributed by atoms with Gasteiger partial charge >= 0.3 is 0 Å². The first-order valence-electron chi connectivity index (χ1n) is 5.09. The van der Waals surface area contributed by atoms with E-state index in [1.165, 1.54) is 0 Å². The predicted molar refractivity (Wildman–Crippen MR) is 60.0 cm³/mol. The normalized spacial score (nSPS) is 10.5. The van der Waals surface area contributed by atoms with E-state index in [0.29, 0.717) is 24.8 Å². The first-order chi connectivity index (χ1) is 7.33. The molecule has 0 bridgehead atoms. The van der Waals surface area contributed by atoms with Crippen LogP contribution in [0, 0.1) is 0 Å². The maximum Gasteiger partial charge on any atom is 0.0889 e. The SMILES string of the molecule is CCCOCCOCc1cc(Cl)ccn1. The Balaban J connectivity index is 2.10. The predicted octanol–water partition coefficient (Wildman–Crippen LogP) is 2.68. The van der Waals surface area contributed by atoms with Crippen LogP contribution in [0.15, 0.2) is 18.3 Å². The van der Waals surface area contributed by atoms with E-state index in [4.69, 9.17) is 21.1 Å². The summed E-state index contributed by atoms with van der Waals surface area (Å²) in [5, 5.41) is 0.686. The van der Waals surface area contributed by atoms with E-state index in [0.717, 1.165) is 18.7 Å². The Morgan fingerprint density at radius 1 is 1.27 bits per heavy atom. The zero-order valence-electron chi connectivity index (χ0n) is 8.91. The molecule has 0 saturated heterocycles. The zero-order chi connectivity index (χ0) is 10.9. The van der Waals surface area contributed by atoms with Crippen molar-refractivity contribution in [1.82, 2.24) is 4.98 Å². The smallest absolute Gasteiger partial charge is 0.0889 e. The molecule has 0 unspecified atom stereocenters. The maximum absolute atomic E-state index is 5.81. The highest BCUT2D eigenvalue weighted by Crippen LogP contribution is 2.08. The fraction of sp³-hybridized carbons (Fsp3) is 0.545. The maximum atomic E-state index is 5.81. The van der Waals surface area contributed by atoms with Gasteiger partial charge in [0.1, 0.15) is 0 Å². The summed E-state index contributed by atoms with van der Waals surface area (Å²) in [6, 6.07) is 3.55. The van der Waals surface area contributed by atoms with Gasteiger partial charge in [0.25, 0.3) is 0 Å². The molecule has 0 N–H and O–H groups in total. The van der Waals surface area contributed by atoms with Crippen molar-refractivity contribution < 1.29 is 9.47 Å². The minimum atomic E-state index is 0.482. The van der Waals surface area contributed by atoms with Crippen LogP contribution in [-0.2, 0) is 16.1 Å². The van der Waals surface area contributed by atoms with Crippen molar-refractivity contribution in [3.8, 4) is 0 Å². The molecular formula is C11H16ClNO2. The lowest BCUT2D eigenvalue weighted by molar-refractivity contribution is 0.0397. The first-order valence-corrected chi connectivity index (χ1v) is 5.46. The van der Waals surface area contributed by atoms with Gasteiger partial charge in [0.05, 0.1) is 25.5 Å². The van der Waals surface area contributed by atoms with Gasteiger partial charge in [-0.1, -0.05) is 18.5 Å². The summed E-state index contributed by atoms with van der Waals surface area (Å²) < 4.78 is 10.6. The zero-order valence-corrected chi connectivity index (χ0v) is 9.67. The van der Waals surface area contributed by atoms with Crippen molar-refractivity contribution in [3.05, 3.63) is 29.0 Å². The lowest BCUT2D eigenvalue weighted by Gasteiger charge is -2.04. The number of hydrogen-bond acceptors (Lipinski definition) is 3. The quantitative estimate of drug-likeness (QED) is 0.674. The van der Waals surface area contributed by atoms with Crippen molar-refractivity contribution >= 4 is 11.6 Å². The van der Waals surface area contributed by atoms with Crippen molar-refractivity contribution in [2.45, 2.75) is 20.0 Å². The molecule has 0 aliphatic rings. The largest absolute Gasteiger partial charge is 0.379 e. The molecule has 0 aromatic carbocycles. The molecule has 0 radical (unpaired) electrons. The summed E-state index contributed by atoms with van der Waals surface area (Å²) in [6.07, 6.45) is 2.71. The van der Waals surface area contributed by atoms with Crippen LogP contribution in [-0.4, -0.2) is 24.8 Å². The molecule has 0 aliphatic heterocycles. The molecule has 4 heteroatoms. The van der Waals surface area contributed by atoms with Crippen LogP contribution >= 0.6 is 11.6 Å². The summed E-state index contributed by atoms with van der Waals surface area (Å²) in [5.41, 5.74) is 0.845. The molecule has 1 aromatic rings. The number of rotatable bonds is 7. The van der Waals surface area contributed by atoms with Crippen LogP contribution in [0.25, 0.3) is 0 Å². The van der Waals surface area contributed by atoms with E-state index in [1.807, 2.05) is 0 Å². The van der Waals surface area contributed by atoms with Crippen LogP contribution in [0.1, 0.15) is 19.0 Å². The Hall–Kier alpha value is -0.640. The van der Waals surface area contributed by atoms with E-state index >= 15 is 0 Å². The van der Waals surface area contributed by atoms with Gasteiger partial charge in [-0.3, -0.25) is 4.98 Å². The Kier molecular flexibility index (Phi) is 6.32. The fourth-order valence-electron chi connectivity index (χ4n) is 1.07. The molecule has 0 spiro atoms. The molecule has 0 amide bonds. The number of aromatic nitrogens is 1.